The van der Waals surface area contributed by atoms with Crippen LogP contribution < -0.4 is 9.47 Å². The van der Waals surface area contributed by atoms with E-state index in [0.717, 1.165) is 127 Å². The highest BCUT2D eigenvalue weighted by Gasteiger charge is 2.24. The minimum Gasteiger partial charge on any atom is -0.505 e. The van der Waals surface area contributed by atoms with E-state index in [2.05, 4.69) is 208 Å². The number of hydrogen-bond donors (Lipinski definition) is 2. The van der Waals surface area contributed by atoms with Gasteiger partial charge in [-0.15, -0.1) is 0 Å². The molecule has 6 heteroatoms. The van der Waals surface area contributed by atoms with Gasteiger partial charge < -0.3 is 28.8 Å². The van der Waals surface area contributed by atoms with Crippen LogP contribution in [0, 0.1) is 13.8 Å². The Morgan fingerprint density at radius 3 is 1.13 bits per heavy atom. The average molecular weight is 911 g/mol. The molecule has 0 saturated carbocycles. The van der Waals surface area contributed by atoms with E-state index in [4.69, 9.17) is 9.47 Å². The van der Waals surface area contributed by atoms with Crippen LogP contribution >= 0.6 is 0 Å². The maximum atomic E-state index is 12.5. The van der Waals surface area contributed by atoms with Crippen LogP contribution in [0.2, 0.25) is 0 Å². The van der Waals surface area contributed by atoms with Crippen molar-refractivity contribution in [3.05, 3.63) is 180 Å². The molecule has 0 fully saturated rings. The number of phenols is 2. The third kappa shape index (κ3) is 8.69. The summed E-state index contributed by atoms with van der Waals surface area (Å²) in [6, 6.07) is 54.8. The minimum atomic E-state index is -0.245. The minimum absolute atomic E-state index is 0.213. The number of aryl methyl sites for hydroxylation is 4. The molecule has 6 nitrogen and oxygen atoms in total. The predicted octanol–water partition coefficient (Wildman–Crippen LogP) is 16.6. The van der Waals surface area contributed by atoms with Crippen molar-refractivity contribution in [1.29, 1.82) is 0 Å². The maximum absolute atomic E-state index is 12.5. The molecule has 0 spiro atoms. The predicted molar refractivity (Wildman–Crippen MR) is 287 cm³/mol. The van der Waals surface area contributed by atoms with Crippen molar-refractivity contribution in [3.8, 4) is 56.6 Å². The lowest BCUT2D eigenvalue weighted by Crippen LogP contribution is -2.23. The molecule has 2 aromatic heterocycles. The van der Waals surface area contributed by atoms with E-state index in [9.17, 15) is 10.2 Å². The number of nitrogens with zero attached hydrogens (tertiary/aromatic N) is 2. The summed E-state index contributed by atoms with van der Waals surface area (Å²) in [4.78, 5) is 0. The Hall–Kier alpha value is -7.44. The Labute approximate surface area is 406 Å². The maximum Gasteiger partial charge on any atom is 0.147 e. The fraction of sp³-hybridized carbons (Fsp3) is 0.238. The average Bonchev–Trinajstić information content (AvgIpc) is 3.87. The Morgan fingerprint density at radius 1 is 0.435 bits per heavy atom. The van der Waals surface area contributed by atoms with Crippen molar-refractivity contribution in [2.24, 2.45) is 0 Å². The van der Waals surface area contributed by atoms with Gasteiger partial charge in [0.05, 0.1) is 45.6 Å². The molecule has 0 bridgehead atoms. The van der Waals surface area contributed by atoms with Crippen LogP contribution in [0.4, 0.5) is 0 Å². The quantitative estimate of drug-likeness (QED) is 0.101. The van der Waals surface area contributed by atoms with Gasteiger partial charge >= 0.3 is 0 Å². The fourth-order valence-electron chi connectivity index (χ4n) is 10.5. The van der Waals surface area contributed by atoms with Crippen LogP contribution in [0.15, 0.2) is 158 Å². The van der Waals surface area contributed by atoms with Crippen molar-refractivity contribution in [2.75, 3.05) is 0 Å². The van der Waals surface area contributed by atoms with Crippen molar-refractivity contribution >= 4 is 43.6 Å². The third-order valence-corrected chi connectivity index (χ3v) is 13.7. The molecular formula is C63H62N2O4. The summed E-state index contributed by atoms with van der Waals surface area (Å²) in [6.45, 7) is 12.8. The van der Waals surface area contributed by atoms with Gasteiger partial charge in [-0.25, -0.2) is 0 Å². The first-order valence-corrected chi connectivity index (χ1v) is 24.9. The van der Waals surface area contributed by atoms with Gasteiger partial charge in [-0.3, -0.25) is 0 Å². The standard InChI is InChI=1S/C63H62N2O4/c1-7-9-19-44-29-31-60(50(38-44)52-33-40(3)35-58(62(52)66)64-54-25-15-11-21-46(54)47-22-12-16-26-55(47)64)68-42(5)37-43(6)69-61-32-30-45(20-10-8-2)39-51(61)53-34-41(4)36-59(63(53)67)65-56-27-17-13-23-48(56)49-24-14-18-28-57(49)65/h11-18,21-36,38-39,42-43,66-67H,7-10,19-20,37H2,1-6H3/t42-,43-/m1/s1. The van der Waals surface area contributed by atoms with Crippen LogP contribution in [0.5, 0.6) is 23.0 Å². The Bertz CT molecular complexity index is 3170. The SMILES string of the molecule is CCCCc1ccc(O[C@H](C)C[C@@H](C)Oc2ccc(CCCC)cc2-c2cc(C)cc(-n3c4ccccc4c4ccccc43)c2O)c(-c2cc(C)cc(-n3c4ccccc4c4ccccc43)c2O)c1. The lowest BCUT2D eigenvalue weighted by molar-refractivity contribution is 0.131. The van der Waals surface area contributed by atoms with Gasteiger partial charge in [-0.1, -0.05) is 112 Å². The largest absolute Gasteiger partial charge is 0.505 e. The van der Waals surface area contributed by atoms with Crippen molar-refractivity contribution in [1.82, 2.24) is 9.13 Å². The molecule has 2 N–H and O–H groups in total. The first-order valence-electron chi connectivity index (χ1n) is 24.9. The molecule has 8 aromatic carbocycles. The summed E-state index contributed by atoms with van der Waals surface area (Å²) >= 11 is 0. The van der Waals surface area contributed by atoms with Crippen LogP contribution in [0.25, 0.3) is 77.2 Å². The Balaban J connectivity index is 0.983. The van der Waals surface area contributed by atoms with Gasteiger partial charge in [-0.05, 0) is 148 Å². The number of aromatic hydroxyl groups is 2. The summed E-state index contributed by atoms with van der Waals surface area (Å²) in [7, 11) is 0. The van der Waals surface area contributed by atoms with Gasteiger partial charge in [0.15, 0.2) is 0 Å². The number of aromatic nitrogens is 2. The first-order chi connectivity index (χ1) is 33.6. The highest BCUT2D eigenvalue weighted by molar-refractivity contribution is 6.10. The van der Waals surface area contributed by atoms with E-state index in [1.54, 1.807) is 0 Å². The van der Waals surface area contributed by atoms with E-state index in [1.165, 1.54) is 11.1 Å². The summed E-state index contributed by atoms with van der Waals surface area (Å²) in [5, 5.41) is 29.5. The zero-order valence-electron chi connectivity index (χ0n) is 40.7. The molecule has 0 amide bonds. The third-order valence-electron chi connectivity index (χ3n) is 13.7. The zero-order chi connectivity index (χ0) is 47.8. The van der Waals surface area contributed by atoms with Gasteiger partial charge in [0.1, 0.15) is 23.0 Å². The molecular weight excluding hydrogens is 849 g/mol. The molecule has 0 aliphatic heterocycles. The topological polar surface area (TPSA) is 68.8 Å². The number of hydrogen-bond acceptors (Lipinski definition) is 4. The normalized spacial score (nSPS) is 12.6. The summed E-state index contributed by atoms with van der Waals surface area (Å²) in [5.74, 6) is 1.86. The molecule has 69 heavy (non-hydrogen) atoms. The molecule has 0 aliphatic rings. The fourth-order valence-corrected chi connectivity index (χ4v) is 10.5. The highest BCUT2D eigenvalue weighted by atomic mass is 16.5. The van der Waals surface area contributed by atoms with E-state index in [0.29, 0.717) is 17.9 Å². The smallest absolute Gasteiger partial charge is 0.147 e. The number of phenolic OH excluding ortho intramolecular Hbond substituents is 2. The van der Waals surface area contributed by atoms with Crippen molar-refractivity contribution in [3.63, 3.8) is 0 Å². The molecule has 0 aliphatic carbocycles. The second-order valence-corrected chi connectivity index (χ2v) is 19.1. The van der Waals surface area contributed by atoms with Gasteiger partial charge in [-0.2, -0.15) is 0 Å². The van der Waals surface area contributed by atoms with Gasteiger partial charge in [0, 0.05) is 50.2 Å². The summed E-state index contributed by atoms with van der Waals surface area (Å²) in [5.41, 5.74) is 13.3. The van der Waals surface area contributed by atoms with Crippen LogP contribution in [-0.4, -0.2) is 31.6 Å². The number of fused-ring (bicyclic) bond motifs is 6. The van der Waals surface area contributed by atoms with Crippen molar-refractivity contribution < 1.29 is 19.7 Å². The molecule has 348 valence electrons. The van der Waals surface area contributed by atoms with Crippen LogP contribution in [0.3, 0.4) is 0 Å². The van der Waals surface area contributed by atoms with Crippen LogP contribution in [-0.2, 0) is 12.8 Å². The number of para-hydroxylation sites is 4. The monoisotopic (exact) mass is 910 g/mol. The molecule has 0 saturated heterocycles. The number of ether oxygens (including phenoxy) is 2. The zero-order valence-corrected chi connectivity index (χ0v) is 40.7. The second kappa shape index (κ2) is 19.3. The second-order valence-electron chi connectivity index (χ2n) is 19.1. The van der Waals surface area contributed by atoms with Gasteiger partial charge in [0.25, 0.3) is 0 Å². The number of benzene rings is 8. The van der Waals surface area contributed by atoms with Gasteiger partial charge in [0.2, 0.25) is 0 Å². The van der Waals surface area contributed by atoms with E-state index < -0.39 is 0 Å². The van der Waals surface area contributed by atoms with E-state index in [-0.39, 0.29) is 23.7 Å². The van der Waals surface area contributed by atoms with E-state index >= 15 is 0 Å². The number of rotatable bonds is 16. The van der Waals surface area contributed by atoms with E-state index in [1.807, 2.05) is 0 Å². The summed E-state index contributed by atoms with van der Waals surface area (Å²) in [6.07, 6.45) is 6.29. The highest BCUT2D eigenvalue weighted by Crippen LogP contribution is 2.46. The van der Waals surface area contributed by atoms with Crippen molar-refractivity contribution in [2.45, 2.75) is 98.7 Å². The molecule has 10 rings (SSSR count). The Morgan fingerprint density at radius 2 is 0.783 bits per heavy atom. The number of unbranched alkanes of at least 4 members (excludes halogenated alkanes) is 2. The molecule has 10 aromatic rings. The Kier molecular flexibility index (Phi) is 12.7. The molecule has 0 unspecified atom stereocenters. The lowest BCUT2D eigenvalue weighted by atomic mass is 9.96. The lowest BCUT2D eigenvalue weighted by Gasteiger charge is -2.24. The van der Waals surface area contributed by atoms with Crippen LogP contribution in [0.1, 0.15) is 82.1 Å². The molecule has 2 atom stereocenters. The first kappa shape index (κ1) is 45.3. The summed E-state index contributed by atoms with van der Waals surface area (Å²) < 4.78 is 18.2. The molecule has 2 heterocycles. The molecule has 0 radical (unpaired) electrons.